The van der Waals surface area contributed by atoms with Gasteiger partial charge in [-0.05, 0) is 41.0 Å². The van der Waals surface area contributed by atoms with Gasteiger partial charge in [-0.2, -0.15) is 0 Å². The molecule has 0 spiro atoms. The van der Waals surface area contributed by atoms with Crippen LogP contribution in [0.2, 0.25) is 0 Å². The third-order valence-electron chi connectivity index (χ3n) is 4.29. The zero-order chi connectivity index (χ0) is 15.8. The van der Waals surface area contributed by atoms with Crippen molar-refractivity contribution in [2.24, 2.45) is 4.99 Å². The molecule has 0 aliphatic carbocycles. The minimum absolute atomic E-state index is 0.241. The Hall–Kier alpha value is -2.53. The van der Waals surface area contributed by atoms with Gasteiger partial charge >= 0.3 is 0 Å². The molecule has 2 aromatic carbocycles. The standard InChI is InChI=1S/C18H17NO4/c1-21-13-4-2-11(3-5-13)18(20)17-14-9-16-15(22-10-23-16)8-12(14)6-7-19-17/h2-5,7-9,17-18,20H,6,10H2,1H3/t17-,18-/m0/s1. The van der Waals surface area contributed by atoms with Crippen molar-refractivity contribution in [3.63, 3.8) is 0 Å². The Bertz CT molecular complexity index is 754. The number of benzene rings is 2. The number of aliphatic hydroxyl groups is 1. The number of aliphatic imine (C=N–C) groups is 1. The molecule has 2 heterocycles. The van der Waals surface area contributed by atoms with E-state index in [2.05, 4.69) is 4.99 Å². The molecule has 23 heavy (non-hydrogen) atoms. The van der Waals surface area contributed by atoms with Gasteiger partial charge in [0.05, 0.1) is 7.11 Å². The molecule has 118 valence electrons. The highest BCUT2D eigenvalue weighted by molar-refractivity contribution is 5.68. The summed E-state index contributed by atoms with van der Waals surface area (Å²) in [6.07, 6.45) is 1.86. The lowest BCUT2D eigenvalue weighted by Crippen LogP contribution is -2.15. The van der Waals surface area contributed by atoms with Crippen LogP contribution in [0.25, 0.3) is 0 Å². The normalized spacial score (nSPS) is 19.3. The summed E-state index contributed by atoms with van der Waals surface area (Å²) in [5, 5.41) is 10.8. The number of fused-ring (bicyclic) bond motifs is 2. The second-order valence-electron chi connectivity index (χ2n) is 5.60. The largest absolute Gasteiger partial charge is 0.497 e. The van der Waals surface area contributed by atoms with Crippen LogP contribution in [0.5, 0.6) is 17.2 Å². The van der Waals surface area contributed by atoms with Gasteiger partial charge in [0, 0.05) is 12.6 Å². The molecule has 0 unspecified atom stereocenters. The predicted molar refractivity (Wildman–Crippen MR) is 85.5 cm³/mol. The van der Waals surface area contributed by atoms with Crippen molar-refractivity contribution in [1.82, 2.24) is 0 Å². The van der Waals surface area contributed by atoms with Crippen LogP contribution in [-0.4, -0.2) is 25.2 Å². The van der Waals surface area contributed by atoms with Crippen LogP contribution >= 0.6 is 0 Å². The maximum absolute atomic E-state index is 10.8. The Labute approximate surface area is 134 Å². The minimum atomic E-state index is -0.725. The van der Waals surface area contributed by atoms with Gasteiger partial charge in [0.25, 0.3) is 0 Å². The second-order valence-corrected chi connectivity index (χ2v) is 5.60. The van der Waals surface area contributed by atoms with Crippen LogP contribution in [-0.2, 0) is 6.42 Å². The summed E-state index contributed by atoms with van der Waals surface area (Å²) >= 11 is 0. The van der Waals surface area contributed by atoms with Gasteiger partial charge in [-0.25, -0.2) is 0 Å². The molecule has 0 bridgehead atoms. The number of hydrogen-bond acceptors (Lipinski definition) is 5. The first kappa shape index (κ1) is 14.1. The van der Waals surface area contributed by atoms with Crippen LogP contribution in [0.15, 0.2) is 41.4 Å². The van der Waals surface area contributed by atoms with Gasteiger partial charge < -0.3 is 19.3 Å². The highest BCUT2D eigenvalue weighted by atomic mass is 16.7. The summed E-state index contributed by atoms with van der Waals surface area (Å²) in [5.41, 5.74) is 2.90. The Kier molecular flexibility index (Phi) is 3.42. The molecule has 2 aromatic rings. The van der Waals surface area contributed by atoms with Crippen molar-refractivity contribution in [2.45, 2.75) is 18.6 Å². The Balaban J connectivity index is 1.69. The van der Waals surface area contributed by atoms with E-state index in [9.17, 15) is 5.11 Å². The third-order valence-corrected chi connectivity index (χ3v) is 4.29. The van der Waals surface area contributed by atoms with Gasteiger partial charge in [-0.3, -0.25) is 4.99 Å². The first-order valence-electron chi connectivity index (χ1n) is 7.52. The summed E-state index contributed by atoms with van der Waals surface area (Å²) in [6, 6.07) is 11.0. The van der Waals surface area contributed by atoms with E-state index in [1.54, 1.807) is 7.11 Å². The number of rotatable bonds is 3. The third kappa shape index (κ3) is 2.43. The summed E-state index contributed by atoms with van der Waals surface area (Å²) < 4.78 is 16.0. The molecule has 0 aromatic heterocycles. The van der Waals surface area contributed by atoms with Gasteiger partial charge in [-0.15, -0.1) is 0 Å². The molecule has 2 aliphatic rings. The maximum atomic E-state index is 10.8. The molecule has 2 atom stereocenters. The van der Waals surface area contributed by atoms with Crippen molar-refractivity contribution < 1.29 is 19.3 Å². The molecular weight excluding hydrogens is 294 g/mol. The van der Waals surface area contributed by atoms with Gasteiger partial charge in [0.1, 0.15) is 17.9 Å². The quantitative estimate of drug-likeness (QED) is 0.947. The van der Waals surface area contributed by atoms with Crippen molar-refractivity contribution in [3.8, 4) is 17.2 Å². The molecule has 0 fully saturated rings. The van der Waals surface area contributed by atoms with Crippen LogP contribution < -0.4 is 14.2 Å². The van der Waals surface area contributed by atoms with E-state index in [4.69, 9.17) is 14.2 Å². The molecule has 0 saturated heterocycles. The van der Waals surface area contributed by atoms with E-state index in [0.29, 0.717) is 5.75 Å². The molecule has 0 amide bonds. The summed E-state index contributed by atoms with van der Waals surface area (Å²) in [4.78, 5) is 4.51. The van der Waals surface area contributed by atoms with Gasteiger partial charge in [0.15, 0.2) is 11.5 Å². The highest BCUT2D eigenvalue weighted by Gasteiger charge is 2.29. The van der Waals surface area contributed by atoms with E-state index in [1.165, 1.54) is 0 Å². The average molecular weight is 311 g/mol. The lowest BCUT2D eigenvalue weighted by Gasteiger charge is -2.25. The fourth-order valence-electron chi connectivity index (χ4n) is 3.03. The predicted octanol–water partition coefficient (Wildman–Crippen LogP) is 2.83. The smallest absolute Gasteiger partial charge is 0.231 e. The van der Waals surface area contributed by atoms with E-state index in [1.807, 2.05) is 42.6 Å². The zero-order valence-corrected chi connectivity index (χ0v) is 12.7. The van der Waals surface area contributed by atoms with Crippen LogP contribution in [0.3, 0.4) is 0 Å². The number of ether oxygens (including phenoxy) is 3. The van der Waals surface area contributed by atoms with Crippen molar-refractivity contribution in [1.29, 1.82) is 0 Å². The van der Waals surface area contributed by atoms with Crippen LogP contribution in [0, 0.1) is 0 Å². The number of hydrogen-bond donors (Lipinski definition) is 1. The lowest BCUT2D eigenvalue weighted by molar-refractivity contribution is 0.147. The second kappa shape index (κ2) is 5.59. The van der Waals surface area contributed by atoms with Crippen LogP contribution in [0.1, 0.15) is 28.8 Å². The van der Waals surface area contributed by atoms with E-state index in [-0.39, 0.29) is 12.8 Å². The molecule has 5 nitrogen and oxygen atoms in total. The van der Waals surface area contributed by atoms with Gasteiger partial charge in [-0.1, -0.05) is 12.1 Å². The highest BCUT2D eigenvalue weighted by Crippen LogP contribution is 2.42. The SMILES string of the molecule is COc1ccc([C@H](O)[C@H]2N=CCc3cc4c(cc32)OCO4)cc1. The first-order chi connectivity index (χ1) is 11.3. The molecule has 4 rings (SSSR count). The van der Waals surface area contributed by atoms with E-state index >= 15 is 0 Å². The number of nitrogens with zero attached hydrogens (tertiary/aromatic N) is 1. The fraction of sp³-hybridized carbons (Fsp3) is 0.278. The zero-order valence-electron chi connectivity index (χ0n) is 12.7. The Morgan fingerprint density at radius 2 is 1.91 bits per heavy atom. The molecule has 5 heteroatoms. The summed E-state index contributed by atoms with van der Waals surface area (Å²) in [7, 11) is 1.62. The molecular formula is C18H17NO4. The molecule has 0 saturated carbocycles. The summed E-state index contributed by atoms with van der Waals surface area (Å²) in [5.74, 6) is 2.24. The van der Waals surface area contributed by atoms with E-state index in [0.717, 1.165) is 34.6 Å². The monoisotopic (exact) mass is 311 g/mol. The molecule has 0 radical (unpaired) electrons. The molecule has 1 N–H and O–H groups in total. The lowest BCUT2D eigenvalue weighted by atomic mass is 9.89. The topological polar surface area (TPSA) is 60.3 Å². The van der Waals surface area contributed by atoms with Crippen LogP contribution in [0.4, 0.5) is 0 Å². The van der Waals surface area contributed by atoms with Gasteiger partial charge in [0.2, 0.25) is 6.79 Å². The number of methoxy groups -OCH3 is 1. The van der Waals surface area contributed by atoms with Crippen molar-refractivity contribution in [3.05, 3.63) is 53.1 Å². The Morgan fingerprint density at radius 3 is 2.65 bits per heavy atom. The van der Waals surface area contributed by atoms with Crippen molar-refractivity contribution in [2.75, 3.05) is 13.9 Å². The van der Waals surface area contributed by atoms with Crippen molar-refractivity contribution >= 4 is 6.21 Å². The molecule has 2 aliphatic heterocycles. The Morgan fingerprint density at radius 1 is 1.17 bits per heavy atom. The fourth-order valence-corrected chi connectivity index (χ4v) is 3.03. The van der Waals surface area contributed by atoms with E-state index < -0.39 is 6.10 Å². The number of aliphatic hydroxyl groups excluding tert-OH is 1. The maximum Gasteiger partial charge on any atom is 0.231 e. The average Bonchev–Trinajstić information content (AvgIpc) is 3.06. The minimum Gasteiger partial charge on any atom is -0.497 e. The summed E-state index contributed by atoms with van der Waals surface area (Å²) in [6.45, 7) is 0.241. The first-order valence-corrected chi connectivity index (χ1v) is 7.52.